The largest absolute Gasteiger partial charge is 0.508 e. The van der Waals surface area contributed by atoms with Gasteiger partial charge in [0.25, 0.3) is 0 Å². The first-order valence-corrected chi connectivity index (χ1v) is 4.06. The van der Waals surface area contributed by atoms with Gasteiger partial charge < -0.3 is 10.2 Å². The number of rotatable bonds is 1. The van der Waals surface area contributed by atoms with Crippen molar-refractivity contribution in [3.8, 4) is 22.9 Å². The second-order valence-corrected chi connectivity index (χ2v) is 2.81. The molecular formula is C10H8N2O2. The van der Waals surface area contributed by atoms with Crippen LogP contribution >= 0.6 is 0 Å². The second-order valence-electron chi connectivity index (χ2n) is 2.81. The van der Waals surface area contributed by atoms with Crippen molar-refractivity contribution >= 4 is 0 Å². The maximum atomic E-state index is 9.07. The molecule has 2 N–H and O–H groups in total. The van der Waals surface area contributed by atoms with Crippen LogP contribution in [0.25, 0.3) is 11.4 Å². The fourth-order valence-electron chi connectivity index (χ4n) is 1.08. The second kappa shape index (κ2) is 3.33. The summed E-state index contributed by atoms with van der Waals surface area (Å²) in [5.41, 5.74) is 0.794. The van der Waals surface area contributed by atoms with Gasteiger partial charge in [-0.15, -0.1) is 0 Å². The van der Waals surface area contributed by atoms with Crippen molar-refractivity contribution in [2.45, 2.75) is 0 Å². The number of phenolic OH excluding ortho intramolecular Hbond substituents is 1. The molecule has 2 rings (SSSR count). The van der Waals surface area contributed by atoms with Crippen molar-refractivity contribution in [1.82, 2.24) is 9.97 Å². The van der Waals surface area contributed by atoms with Gasteiger partial charge in [0, 0.05) is 5.56 Å². The summed E-state index contributed by atoms with van der Waals surface area (Å²) in [5, 5.41) is 18.0. The van der Waals surface area contributed by atoms with Gasteiger partial charge in [-0.3, -0.25) is 0 Å². The summed E-state index contributed by atoms with van der Waals surface area (Å²) >= 11 is 0. The molecule has 1 aromatic carbocycles. The Morgan fingerprint density at radius 2 is 1.36 bits per heavy atom. The molecule has 1 heterocycles. The van der Waals surface area contributed by atoms with E-state index in [4.69, 9.17) is 10.2 Å². The summed E-state index contributed by atoms with van der Waals surface area (Å²) in [5.74, 6) is 0.753. The summed E-state index contributed by atoms with van der Waals surface area (Å²) < 4.78 is 0. The lowest BCUT2D eigenvalue weighted by molar-refractivity contribution is 0.469. The van der Waals surface area contributed by atoms with Gasteiger partial charge in [-0.2, -0.15) is 0 Å². The molecule has 0 saturated carbocycles. The standard InChI is InChI=1S/C10H8N2O2/c13-8-3-1-7(2-4-8)10-11-5-9(14)6-12-10/h1-6,13-14H. The molecule has 0 saturated heterocycles. The van der Waals surface area contributed by atoms with Crippen LogP contribution in [0.2, 0.25) is 0 Å². The Balaban J connectivity index is 2.40. The van der Waals surface area contributed by atoms with Crippen molar-refractivity contribution in [2.75, 3.05) is 0 Å². The molecule has 70 valence electrons. The molecule has 0 aliphatic rings. The molecule has 0 atom stereocenters. The Morgan fingerprint density at radius 3 is 1.93 bits per heavy atom. The van der Waals surface area contributed by atoms with Gasteiger partial charge in [0.1, 0.15) is 5.75 Å². The SMILES string of the molecule is Oc1ccc(-c2ncc(O)cn2)cc1. The Kier molecular flexibility index (Phi) is 2.02. The number of aromatic hydroxyl groups is 2. The first kappa shape index (κ1) is 8.50. The van der Waals surface area contributed by atoms with E-state index in [0.717, 1.165) is 5.56 Å². The van der Waals surface area contributed by atoms with Crippen molar-refractivity contribution in [2.24, 2.45) is 0 Å². The third-order valence-corrected chi connectivity index (χ3v) is 1.76. The predicted molar refractivity (Wildman–Crippen MR) is 50.8 cm³/mol. The van der Waals surface area contributed by atoms with Crippen LogP contribution in [0.3, 0.4) is 0 Å². The molecule has 0 amide bonds. The molecule has 1 aromatic heterocycles. The van der Waals surface area contributed by atoms with Crippen molar-refractivity contribution in [3.63, 3.8) is 0 Å². The normalized spacial score (nSPS) is 10.0. The molecule has 4 nitrogen and oxygen atoms in total. The molecule has 0 aliphatic heterocycles. The van der Waals surface area contributed by atoms with Crippen LogP contribution in [0.15, 0.2) is 36.7 Å². The first-order chi connectivity index (χ1) is 6.75. The Bertz CT molecular complexity index is 379. The van der Waals surface area contributed by atoms with Crippen LogP contribution in [-0.2, 0) is 0 Å². The third kappa shape index (κ3) is 1.64. The molecule has 0 aliphatic carbocycles. The van der Waals surface area contributed by atoms with E-state index in [1.807, 2.05) is 0 Å². The lowest BCUT2D eigenvalue weighted by atomic mass is 10.2. The highest BCUT2D eigenvalue weighted by Crippen LogP contribution is 2.18. The van der Waals surface area contributed by atoms with E-state index in [-0.39, 0.29) is 11.5 Å². The van der Waals surface area contributed by atoms with Gasteiger partial charge in [0.15, 0.2) is 11.6 Å². The van der Waals surface area contributed by atoms with Gasteiger partial charge >= 0.3 is 0 Å². The fraction of sp³-hybridized carbons (Fsp3) is 0. The van der Waals surface area contributed by atoms with Gasteiger partial charge in [-0.1, -0.05) is 0 Å². The maximum Gasteiger partial charge on any atom is 0.159 e. The average Bonchev–Trinajstić information content (AvgIpc) is 2.21. The minimum absolute atomic E-state index is 0.0347. The number of nitrogens with zero attached hydrogens (tertiary/aromatic N) is 2. The molecule has 2 aromatic rings. The lowest BCUT2D eigenvalue weighted by Crippen LogP contribution is -1.86. The van der Waals surface area contributed by atoms with E-state index in [0.29, 0.717) is 5.82 Å². The number of hydrogen-bond donors (Lipinski definition) is 2. The van der Waals surface area contributed by atoms with Crippen molar-refractivity contribution in [1.29, 1.82) is 0 Å². The van der Waals surface area contributed by atoms with E-state index < -0.39 is 0 Å². The monoisotopic (exact) mass is 188 g/mol. The topological polar surface area (TPSA) is 66.2 Å². The smallest absolute Gasteiger partial charge is 0.159 e. The lowest BCUT2D eigenvalue weighted by Gasteiger charge is -1.99. The van der Waals surface area contributed by atoms with E-state index in [1.54, 1.807) is 24.3 Å². The molecule has 0 bridgehead atoms. The van der Waals surface area contributed by atoms with E-state index in [9.17, 15) is 0 Å². The van der Waals surface area contributed by atoms with Gasteiger partial charge in [0.05, 0.1) is 12.4 Å². The zero-order chi connectivity index (χ0) is 9.97. The van der Waals surface area contributed by atoms with Gasteiger partial charge in [-0.05, 0) is 24.3 Å². The first-order valence-electron chi connectivity index (χ1n) is 4.06. The third-order valence-electron chi connectivity index (χ3n) is 1.76. The van der Waals surface area contributed by atoms with E-state index in [1.165, 1.54) is 12.4 Å². The number of phenols is 1. The van der Waals surface area contributed by atoms with Crippen LogP contribution in [-0.4, -0.2) is 20.2 Å². The summed E-state index contributed by atoms with van der Waals surface area (Å²) in [6, 6.07) is 6.54. The zero-order valence-corrected chi connectivity index (χ0v) is 7.25. The number of aromatic nitrogens is 2. The van der Waals surface area contributed by atoms with Crippen LogP contribution in [0, 0.1) is 0 Å². The van der Waals surface area contributed by atoms with Gasteiger partial charge in [-0.25, -0.2) is 9.97 Å². The fourth-order valence-corrected chi connectivity index (χ4v) is 1.08. The highest BCUT2D eigenvalue weighted by atomic mass is 16.3. The zero-order valence-electron chi connectivity index (χ0n) is 7.25. The molecule has 0 fully saturated rings. The molecule has 0 radical (unpaired) electrons. The maximum absolute atomic E-state index is 9.07. The molecular weight excluding hydrogens is 180 g/mol. The van der Waals surface area contributed by atoms with E-state index in [2.05, 4.69) is 9.97 Å². The minimum atomic E-state index is 0.0347. The Hall–Kier alpha value is -2.10. The molecule has 0 spiro atoms. The van der Waals surface area contributed by atoms with Crippen LogP contribution in [0.5, 0.6) is 11.5 Å². The molecule has 0 unspecified atom stereocenters. The van der Waals surface area contributed by atoms with Crippen molar-refractivity contribution < 1.29 is 10.2 Å². The van der Waals surface area contributed by atoms with Crippen LogP contribution < -0.4 is 0 Å². The minimum Gasteiger partial charge on any atom is -0.508 e. The predicted octanol–water partition coefficient (Wildman–Crippen LogP) is 1.55. The summed E-state index contributed by atoms with van der Waals surface area (Å²) in [6.07, 6.45) is 2.66. The highest BCUT2D eigenvalue weighted by Gasteiger charge is 2.00. The Morgan fingerprint density at radius 1 is 0.786 bits per heavy atom. The van der Waals surface area contributed by atoms with Crippen molar-refractivity contribution in [3.05, 3.63) is 36.7 Å². The highest BCUT2D eigenvalue weighted by molar-refractivity contribution is 5.55. The van der Waals surface area contributed by atoms with E-state index >= 15 is 0 Å². The summed E-state index contributed by atoms with van der Waals surface area (Å²) in [6.45, 7) is 0. The van der Waals surface area contributed by atoms with Crippen LogP contribution in [0.4, 0.5) is 0 Å². The van der Waals surface area contributed by atoms with Crippen LogP contribution in [0.1, 0.15) is 0 Å². The summed E-state index contributed by atoms with van der Waals surface area (Å²) in [4.78, 5) is 7.87. The molecule has 14 heavy (non-hydrogen) atoms. The molecule has 4 heteroatoms. The number of benzene rings is 1. The quantitative estimate of drug-likeness (QED) is 0.712. The summed E-state index contributed by atoms with van der Waals surface area (Å²) in [7, 11) is 0. The average molecular weight is 188 g/mol. The van der Waals surface area contributed by atoms with Gasteiger partial charge in [0.2, 0.25) is 0 Å². The Labute approximate surface area is 80.5 Å². The number of hydrogen-bond acceptors (Lipinski definition) is 4.